The van der Waals surface area contributed by atoms with Gasteiger partial charge in [0.25, 0.3) is 0 Å². The van der Waals surface area contributed by atoms with Gasteiger partial charge in [0, 0.05) is 0 Å². The average Bonchev–Trinajstić information content (AvgIpc) is 2.53. The summed E-state index contributed by atoms with van der Waals surface area (Å²) in [5.41, 5.74) is 2.62. The van der Waals surface area contributed by atoms with Gasteiger partial charge in [-0.25, -0.2) is 4.79 Å². The van der Waals surface area contributed by atoms with Gasteiger partial charge in [-0.2, -0.15) is 5.26 Å². The van der Waals surface area contributed by atoms with Crippen molar-refractivity contribution < 1.29 is 14.6 Å². The second-order valence-electron chi connectivity index (χ2n) is 4.82. The quantitative estimate of drug-likeness (QED) is 0.676. The molecule has 0 saturated carbocycles. The van der Waals surface area contributed by atoms with Crippen molar-refractivity contribution in [2.45, 2.75) is 13.5 Å². The summed E-state index contributed by atoms with van der Waals surface area (Å²) in [4.78, 5) is 10.8. The number of ether oxygens (including phenoxy) is 1. The summed E-state index contributed by atoms with van der Waals surface area (Å²) in [6, 6.07) is 16.7. The van der Waals surface area contributed by atoms with E-state index in [9.17, 15) is 4.79 Å². The normalized spacial score (nSPS) is 10.8. The summed E-state index contributed by atoms with van der Waals surface area (Å²) in [5.74, 6) is -0.547. The van der Waals surface area contributed by atoms with Crippen LogP contribution in [0.1, 0.15) is 16.7 Å². The molecule has 2 rings (SSSR count). The molecule has 0 heterocycles. The summed E-state index contributed by atoms with van der Waals surface area (Å²) in [6.45, 7) is 2.50. The lowest BCUT2D eigenvalue weighted by Crippen LogP contribution is -1.97. The first-order valence-electron chi connectivity index (χ1n) is 6.72. The van der Waals surface area contributed by atoms with E-state index in [1.165, 1.54) is 11.6 Å². The number of hydrogen-bond acceptors (Lipinski definition) is 3. The largest absolute Gasteiger partial charge is 0.489 e. The Balaban J connectivity index is 2.02. The Morgan fingerprint density at radius 2 is 1.82 bits per heavy atom. The van der Waals surface area contributed by atoms with E-state index in [1.54, 1.807) is 30.3 Å². The molecule has 22 heavy (non-hydrogen) atoms. The summed E-state index contributed by atoms with van der Waals surface area (Å²) in [6.07, 6.45) is 1.33. The first-order valence-corrected chi connectivity index (χ1v) is 6.72. The molecule has 0 aliphatic carbocycles. The molecule has 0 radical (unpaired) electrons. The zero-order valence-corrected chi connectivity index (χ0v) is 12.1. The fourth-order valence-electron chi connectivity index (χ4n) is 1.82. The molecule has 4 heteroatoms. The van der Waals surface area contributed by atoms with E-state index in [0.29, 0.717) is 17.9 Å². The van der Waals surface area contributed by atoms with Gasteiger partial charge in [-0.15, -0.1) is 0 Å². The van der Waals surface area contributed by atoms with Crippen molar-refractivity contribution in [3.8, 4) is 11.8 Å². The summed E-state index contributed by atoms with van der Waals surface area (Å²) >= 11 is 0. The molecular weight excluding hydrogens is 278 g/mol. The van der Waals surface area contributed by atoms with Crippen LogP contribution in [-0.4, -0.2) is 11.1 Å². The smallest absolute Gasteiger partial charge is 0.346 e. The van der Waals surface area contributed by atoms with Gasteiger partial charge in [-0.3, -0.25) is 0 Å². The topological polar surface area (TPSA) is 70.3 Å². The lowest BCUT2D eigenvalue weighted by Gasteiger charge is -2.07. The molecule has 0 aliphatic heterocycles. The Labute approximate surface area is 128 Å². The van der Waals surface area contributed by atoms with Gasteiger partial charge < -0.3 is 9.84 Å². The van der Waals surface area contributed by atoms with Crippen molar-refractivity contribution in [2.75, 3.05) is 0 Å². The Bertz CT molecular complexity index is 722. The van der Waals surface area contributed by atoms with Gasteiger partial charge in [0.2, 0.25) is 0 Å². The third-order valence-electron chi connectivity index (χ3n) is 3.07. The average molecular weight is 293 g/mol. The second-order valence-corrected chi connectivity index (χ2v) is 4.82. The number of nitriles is 1. The molecule has 4 nitrogen and oxygen atoms in total. The Morgan fingerprint density at radius 1 is 1.18 bits per heavy atom. The molecule has 0 fully saturated rings. The Morgan fingerprint density at radius 3 is 2.36 bits per heavy atom. The van der Waals surface area contributed by atoms with Crippen LogP contribution in [0, 0.1) is 18.3 Å². The number of carboxylic acid groups (broad SMARTS) is 1. The molecule has 0 aromatic heterocycles. The highest BCUT2D eigenvalue weighted by Crippen LogP contribution is 2.16. The number of aliphatic carboxylic acids is 1. The predicted molar refractivity (Wildman–Crippen MR) is 83.2 cm³/mol. The molecule has 110 valence electrons. The molecule has 2 aromatic rings. The van der Waals surface area contributed by atoms with E-state index in [-0.39, 0.29) is 5.57 Å². The minimum absolute atomic E-state index is 0.298. The maximum absolute atomic E-state index is 10.8. The SMILES string of the molecule is Cc1ccc(COc2ccc(C=C(C#N)C(=O)O)cc2)cc1. The highest BCUT2D eigenvalue weighted by atomic mass is 16.5. The van der Waals surface area contributed by atoms with Crippen molar-refractivity contribution in [1.29, 1.82) is 5.26 Å². The third kappa shape index (κ3) is 4.22. The fraction of sp³-hybridized carbons (Fsp3) is 0.111. The lowest BCUT2D eigenvalue weighted by molar-refractivity contribution is -0.132. The molecule has 0 saturated heterocycles. The maximum atomic E-state index is 10.8. The molecule has 0 unspecified atom stereocenters. The van der Waals surface area contributed by atoms with Crippen LogP contribution >= 0.6 is 0 Å². The Kier molecular flexibility index (Phi) is 4.94. The minimum atomic E-state index is -1.23. The molecule has 0 amide bonds. The number of hydrogen-bond donors (Lipinski definition) is 1. The van der Waals surface area contributed by atoms with Crippen LogP contribution in [0.25, 0.3) is 6.08 Å². The molecule has 2 aromatic carbocycles. The van der Waals surface area contributed by atoms with Gasteiger partial charge in [-0.05, 0) is 36.3 Å². The second kappa shape index (κ2) is 7.09. The van der Waals surface area contributed by atoms with Crippen molar-refractivity contribution in [2.24, 2.45) is 0 Å². The van der Waals surface area contributed by atoms with Crippen LogP contribution in [0.2, 0.25) is 0 Å². The number of carboxylic acids is 1. The Hall–Kier alpha value is -3.06. The summed E-state index contributed by atoms with van der Waals surface area (Å²) in [7, 11) is 0. The first-order chi connectivity index (χ1) is 10.6. The van der Waals surface area contributed by atoms with E-state index in [0.717, 1.165) is 5.56 Å². The first kappa shape index (κ1) is 15.3. The van der Waals surface area contributed by atoms with E-state index >= 15 is 0 Å². The fourth-order valence-corrected chi connectivity index (χ4v) is 1.82. The van der Waals surface area contributed by atoms with E-state index in [4.69, 9.17) is 15.1 Å². The molecule has 0 spiro atoms. The third-order valence-corrected chi connectivity index (χ3v) is 3.07. The van der Waals surface area contributed by atoms with Crippen LogP contribution in [0.15, 0.2) is 54.1 Å². The number of nitrogens with zero attached hydrogens (tertiary/aromatic N) is 1. The zero-order chi connectivity index (χ0) is 15.9. The molecule has 0 aliphatic rings. The van der Waals surface area contributed by atoms with Crippen molar-refractivity contribution in [1.82, 2.24) is 0 Å². The van der Waals surface area contributed by atoms with Crippen LogP contribution in [-0.2, 0) is 11.4 Å². The van der Waals surface area contributed by atoms with E-state index < -0.39 is 5.97 Å². The van der Waals surface area contributed by atoms with Gasteiger partial charge in [0.05, 0.1) is 0 Å². The van der Waals surface area contributed by atoms with Crippen molar-refractivity contribution in [3.63, 3.8) is 0 Å². The maximum Gasteiger partial charge on any atom is 0.346 e. The number of carbonyl (C=O) groups is 1. The van der Waals surface area contributed by atoms with Gasteiger partial charge in [-0.1, -0.05) is 42.0 Å². The van der Waals surface area contributed by atoms with E-state index in [2.05, 4.69) is 0 Å². The molecule has 0 atom stereocenters. The predicted octanol–water partition coefficient (Wildman–Crippen LogP) is 3.57. The van der Waals surface area contributed by atoms with Crippen molar-refractivity contribution >= 4 is 12.0 Å². The number of aryl methyl sites for hydroxylation is 1. The lowest BCUT2D eigenvalue weighted by atomic mass is 10.1. The monoisotopic (exact) mass is 293 g/mol. The van der Waals surface area contributed by atoms with Crippen LogP contribution in [0.5, 0.6) is 5.75 Å². The van der Waals surface area contributed by atoms with E-state index in [1.807, 2.05) is 31.2 Å². The highest BCUT2D eigenvalue weighted by Gasteiger charge is 2.05. The summed E-state index contributed by atoms with van der Waals surface area (Å²) in [5, 5.41) is 17.5. The number of rotatable bonds is 5. The van der Waals surface area contributed by atoms with Gasteiger partial charge in [0.1, 0.15) is 24.0 Å². The number of benzene rings is 2. The van der Waals surface area contributed by atoms with Crippen molar-refractivity contribution in [3.05, 3.63) is 70.8 Å². The standard InChI is InChI=1S/C18H15NO3/c1-13-2-4-15(5-3-13)12-22-17-8-6-14(7-9-17)10-16(11-19)18(20)21/h2-10H,12H2,1H3,(H,20,21). The van der Waals surface area contributed by atoms with Crippen LogP contribution in [0.4, 0.5) is 0 Å². The molecule has 1 N–H and O–H groups in total. The summed E-state index contributed by atoms with van der Waals surface area (Å²) < 4.78 is 5.66. The van der Waals surface area contributed by atoms with Gasteiger partial charge in [0.15, 0.2) is 0 Å². The van der Waals surface area contributed by atoms with Crippen LogP contribution in [0.3, 0.4) is 0 Å². The van der Waals surface area contributed by atoms with Crippen LogP contribution < -0.4 is 4.74 Å². The zero-order valence-electron chi connectivity index (χ0n) is 12.1. The van der Waals surface area contributed by atoms with Gasteiger partial charge >= 0.3 is 5.97 Å². The molecular formula is C18H15NO3. The highest BCUT2D eigenvalue weighted by molar-refractivity contribution is 5.96. The molecule has 0 bridgehead atoms. The minimum Gasteiger partial charge on any atom is -0.489 e.